The number of nitrogens with zero attached hydrogens (tertiary/aromatic N) is 2. The summed E-state index contributed by atoms with van der Waals surface area (Å²) >= 11 is 0. The molecule has 0 radical (unpaired) electrons. The van der Waals surface area contributed by atoms with Crippen molar-refractivity contribution in [2.45, 2.75) is 64.1 Å². The van der Waals surface area contributed by atoms with Crippen LogP contribution in [0, 0.1) is 0 Å². The van der Waals surface area contributed by atoms with Crippen LogP contribution >= 0.6 is 0 Å². The van der Waals surface area contributed by atoms with Crippen molar-refractivity contribution in [1.29, 1.82) is 0 Å². The fourth-order valence-electron chi connectivity index (χ4n) is 6.48. The van der Waals surface area contributed by atoms with E-state index in [1.165, 1.54) is 70.8 Å². The number of aliphatic hydroxyl groups excluding tert-OH is 1. The van der Waals surface area contributed by atoms with E-state index in [0.29, 0.717) is 18.0 Å². The standard InChI is InChI=1S/C29H33N3O3/c33-15-12-30-17-21-18-31-13-5-14-32-25-16-20(29(34)35)10-11-23(25)26(19-6-2-1-3-7-19)28(32)24-9-4-8-22(21)27(24)31/h4,8-11,16,18-19,30,33H,1-3,5-7,12-15,17H2,(H,34,35). The Bertz CT molecular complexity index is 1410. The molecule has 0 atom stereocenters. The lowest BCUT2D eigenvalue weighted by Crippen LogP contribution is -2.17. The van der Waals surface area contributed by atoms with E-state index < -0.39 is 5.97 Å². The Hall–Kier alpha value is -3.09. The summed E-state index contributed by atoms with van der Waals surface area (Å²) in [5.41, 5.74) is 7.90. The zero-order valence-corrected chi connectivity index (χ0v) is 20.1. The highest BCUT2D eigenvalue weighted by Gasteiger charge is 2.29. The first kappa shape index (κ1) is 22.4. The van der Waals surface area contributed by atoms with Crippen molar-refractivity contribution in [2.24, 2.45) is 0 Å². The predicted molar refractivity (Wildman–Crippen MR) is 139 cm³/mol. The Balaban J connectivity index is 1.63. The number of carboxylic acid groups (broad SMARTS) is 1. The molecule has 1 saturated carbocycles. The zero-order chi connectivity index (χ0) is 23.9. The van der Waals surface area contributed by atoms with Crippen LogP contribution in [0.1, 0.15) is 65.9 Å². The number of hydrogen-bond donors (Lipinski definition) is 3. The second-order valence-corrected chi connectivity index (χ2v) is 10.1. The Kier molecular flexibility index (Phi) is 5.86. The molecule has 2 aromatic heterocycles. The molecule has 2 aromatic carbocycles. The number of hydrogen-bond acceptors (Lipinski definition) is 3. The molecular formula is C29H33N3O3. The van der Waals surface area contributed by atoms with E-state index in [2.05, 4.69) is 44.9 Å². The average Bonchev–Trinajstić information content (AvgIpc) is 3.38. The van der Waals surface area contributed by atoms with Gasteiger partial charge in [0.2, 0.25) is 0 Å². The molecule has 1 aliphatic carbocycles. The molecule has 182 valence electrons. The molecule has 0 unspecified atom stereocenters. The number of benzene rings is 2. The summed E-state index contributed by atoms with van der Waals surface area (Å²) < 4.78 is 4.83. The number of nitrogens with one attached hydrogen (secondary N) is 1. The Labute approximate surface area is 205 Å². The molecule has 1 aliphatic heterocycles. The van der Waals surface area contributed by atoms with Crippen molar-refractivity contribution in [3.8, 4) is 11.3 Å². The molecule has 0 bridgehead atoms. The largest absolute Gasteiger partial charge is 0.478 e. The maximum atomic E-state index is 11.8. The van der Waals surface area contributed by atoms with Gasteiger partial charge in [-0.3, -0.25) is 0 Å². The first-order valence-electron chi connectivity index (χ1n) is 13.0. The number of carboxylic acids is 1. The van der Waals surface area contributed by atoms with Crippen LogP contribution in [0.5, 0.6) is 0 Å². The molecule has 1 fully saturated rings. The highest BCUT2D eigenvalue weighted by molar-refractivity contribution is 6.03. The third kappa shape index (κ3) is 3.76. The van der Waals surface area contributed by atoms with Gasteiger partial charge in [-0.15, -0.1) is 0 Å². The summed E-state index contributed by atoms with van der Waals surface area (Å²) in [6, 6.07) is 12.4. The van der Waals surface area contributed by atoms with Crippen LogP contribution in [0.3, 0.4) is 0 Å². The number of aliphatic hydroxyl groups is 1. The quantitative estimate of drug-likeness (QED) is 0.325. The van der Waals surface area contributed by atoms with E-state index >= 15 is 0 Å². The van der Waals surface area contributed by atoms with Crippen molar-refractivity contribution in [3.63, 3.8) is 0 Å². The molecule has 0 saturated heterocycles. The lowest BCUT2D eigenvalue weighted by Gasteiger charge is -2.25. The third-order valence-corrected chi connectivity index (χ3v) is 7.98. The van der Waals surface area contributed by atoms with Gasteiger partial charge in [-0.2, -0.15) is 0 Å². The van der Waals surface area contributed by atoms with Gasteiger partial charge in [-0.25, -0.2) is 4.79 Å². The smallest absolute Gasteiger partial charge is 0.335 e. The van der Waals surface area contributed by atoms with Crippen LogP contribution in [0.25, 0.3) is 33.1 Å². The zero-order valence-electron chi connectivity index (χ0n) is 20.1. The lowest BCUT2D eigenvalue weighted by molar-refractivity contribution is 0.0697. The number of carbonyl (C=O) groups is 1. The second kappa shape index (κ2) is 9.17. The average molecular weight is 472 g/mol. The van der Waals surface area contributed by atoms with E-state index in [-0.39, 0.29) is 6.61 Å². The fourth-order valence-corrected chi connectivity index (χ4v) is 6.48. The van der Waals surface area contributed by atoms with Crippen molar-refractivity contribution >= 4 is 27.8 Å². The molecule has 0 spiro atoms. The van der Waals surface area contributed by atoms with Crippen LogP contribution < -0.4 is 5.32 Å². The maximum Gasteiger partial charge on any atom is 0.335 e. The lowest BCUT2D eigenvalue weighted by atomic mass is 9.81. The van der Waals surface area contributed by atoms with Crippen LogP contribution in [0.4, 0.5) is 0 Å². The first-order valence-corrected chi connectivity index (χ1v) is 13.0. The molecule has 6 heteroatoms. The molecule has 2 aliphatic rings. The Morgan fingerprint density at radius 2 is 1.89 bits per heavy atom. The number of aromatic nitrogens is 2. The highest BCUT2D eigenvalue weighted by atomic mass is 16.4. The molecule has 0 amide bonds. The SMILES string of the molecule is O=C(O)c1ccc2c(C3CCCCC3)c3n(c2c1)CCCn1cc(CNCCO)c2cccc-3c21. The van der Waals surface area contributed by atoms with Crippen molar-refractivity contribution < 1.29 is 15.0 Å². The number of para-hydroxylation sites is 1. The topological polar surface area (TPSA) is 79.4 Å². The molecule has 3 heterocycles. The minimum Gasteiger partial charge on any atom is -0.478 e. The van der Waals surface area contributed by atoms with Gasteiger partial charge >= 0.3 is 5.97 Å². The monoisotopic (exact) mass is 471 g/mol. The van der Waals surface area contributed by atoms with Crippen LogP contribution in [0.15, 0.2) is 42.6 Å². The molecule has 35 heavy (non-hydrogen) atoms. The first-order chi connectivity index (χ1) is 17.2. The second-order valence-electron chi connectivity index (χ2n) is 10.1. The summed E-state index contributed by atoms with van der Waals surface area (Å²) in [5.74, 6) is -0.370. The van der Waals surface area contributed by atoms with Crippen molar-refractivity contribution in [1.82, 2.24) is 14.5 Å². The van der Waals surface area contributed by atoms with E-state index in [1.807, 2.05) is 6.07 Å². The van der Waals surface area contributed by atoms with E-state index in [0.717, 1.165) is 31.6 Å². The van der Waals surface area contributed by atoms with Gasteiger partial charge in [-0.1, -0.05) is 43.5 Å². The Morgan fingerprint density at radius 1 is 1.03 bits per heavy atom. The fraction of sp³-hybridized carbons (Fsp3) is 0.414. The van der Waals surface area contributed by atoms with Crippen LogP contribution in [0.2, 0.25) is 0 Å². The van der Waals surface area contributed by atoms with E-state index in [4.69, 9.17) is 0 Å². The summed E-state index contributed by atoms with van der Waals surface area (Å²) in [5, 5.41) is 24.8. The number of rotatable bonds is 6. The molecule has 4 aromatic rings. The normalized spacial score (nSPS) is 16.4. The van der Waals surface area contributed by atoms with Gasteiger partial charge in [0.05, 0.1) is 23.4 Å². The number of aromatic carboxylic acids is 1. The summed E-state index contributed by atoms with van der Waals surface area (Å²) in [6.07, 6.45) is 9.46. The van der Waals surface area contributed by atoms with Crippen molar-refractivity contribution in [2.75, 3.05) is 13.2 Å². The summed E-state index contributed by atoms with van der Waals surface area (Å²) in [7, 11) is 0. The number of aryl methyl sites for hydroxylation is 2. The minimum atomic E-state index is -0.872. The maximum absolute atomic E-state index is 11.8. The molecule has 3 N–H and O–H groups in total. The third-order valence-electron chi connectivity index (χ3n) is 7.98. The van der Waals surface area contributed by atoms with Gasteiger partial charge in [0.1, 0.15) is 0 Å². The van der Waals surface area contributed by atoms with Crippen molar-refractivity contribution in [3.05, 3.63) is 59.3 Å². The van der Waals surface area contributed by atoms with Gasteiger partial charge in [0, 0.05) is 54.2 Å². The predicted octanol–water partition coefficient (Wildman–Crippen LogP) is 5.49. The van der Waals surface area contributed by atoms with Gasteiger partial charge < -0.3 is 24.7 Å². The van der Waals surface area contributed by atoms with Gasteiger partial charge in [0.15, 0.2) is 0 Å². The number of fused-ring (bicyclic) bond motifs is 4. The minimum absolute atomic E-state index is 0.132. The molecular weight excluding hydrogens is 438 g/mol. The van der Waals surface area contributed by atoms with Crippen LogP contribution in [-0.2, 0) is 19.6 Å². The van der Waals surface area contributed by atoms with E-state index in [9.17, 15) is 15.0 Å². The molecule has 6 rings (SSSR count). The highest BCUT2D eigenvalue weighted by Crippen LogP contribution is 2.46. The van der Waals surface area contributed by atoms with Gasteiger partial charge in [0.25, 0.3) is 0 Å². The van der Waals surface area contributed by atoms with Gasteiger partial charge in [-0.05, 0) is 48.4 Å². The summed E-state index contributed by atoms with van der Waals surface area (Å²) in [6.45, 7) is 3.23. The Morgan fingerprint density at radius 3 is 2.69 bits per heavy atom. The van der Waals surface area contributed by atoms with E-state index in [1.54, 1.807) is 6.07 Å². The summed E-state index contributed by atoms with van der Waals surface area (Å²) in [4.78, 5) is 11.8. The molecule has 6 nitrogen and oxygen atoms in total. The van der Waals surface area contributed by atoms with Crippen LogP contribution in [-0.4, -0.2) is 38.5 Å².